The van der Waals surface area contributed by atoms with Crippen molar-refractivity contribution < 1.29 is 14.7 Å². The Hall–Kier alpha value is -1.42. The summed E-state index contributed by atoms with van der Waals surface area (Å²) in [6.45, 7) is 3.51. The van der Waals surface area contributed by atoms with Crippen molar-refractivity contribution in [3.63, 3.8) is 0 Å². The molecular formula is C12H17NO3. The van der Waals surface area contributed by atoms with Gasteiger partial charge >= 0.3 is 5.97 Å². The molecule has 2 unspecified atom stereocenters. The first-order chi connectivity index (χ1) is 7.41. The molecule has 1 aliphatic carbocycles. The number of carboxylic acids is 1. The van der Waals surface area contributed by atoms with Crippen molar-refractivity contribution in [2.75, 3.05) is 0 Å². The van der Waals surface area contributed by atoms with Crippen LogP contribution in [0.5, 0.6) is 0 Å². The molecule has 0 aromatic heterocycles. The number of hydrogen-bond acceptors (Lipinski definition) is 3. The van der Waals surface area contributed by atoms with Gasteiger partial charge in [-0.05, 0) is 31.3 Å². The van der Waals surface area contributed by atoms with Crippen molar-refractivity contribution >= 4 is 11.8 Å². The zero-order chi connectivity index (χ0) is 12.3. The third-order valence-electron chi connectivity index (χ3n) is 2.80. The number of Topliss-reactive ketones (excluding diaryl/α,β-unsaturated/α-hetero) is 1. The Morgan fingerprint density at radius 3 is 2.62 bits per heavy atom. The summed E-state index contributed by atoms with van der Waals surface area (Å²) >= 11 is 0. The second-order valence-corrected chi connectivity index (χ2v) is 4.26. The first kappa shape index (κ1) is 12.6. The van der Waals surface area contributed by atoms with E-state index < -0.39 is 12.0 Å². The number of carbonyl (C=O) groups excluding carboxylic acids is 1. The minimum Gasteiger partial charge on any atom is -0.480 e. The van der Waals surface area contributed by atoms with Gasteiger partial charge in [-0.25, -0.2) is 0 Å². The molecule has 4 heteroatoms. The van der Waals surface area contributed by atoms with E-state index in [9.17, 15) is 9.59 Å². The van der Waals surface area contributed by atoms with Crippen LogP contribution in [0.1, 0.15) is 26.7 Å². The first-order valence-electron chi connectivity index (χ1n) is 5.30. The van der Waals surface area contributed by atoms with Crippen LogP contribution in [-0.4, -0.2) is 22.9 Å². The lowest BCUT2D eigenvalue weighted by molar-refractivity contribution is -0.138. The van der Waals surface area contributed by atoms with E-state index in [2.05, 4.69) is 0 Å². The summed E-state index contributed by atoms with van der Waals surface area (Å²) in [5.74, 6) is -0.765. The number of aliphatic carboxylic acids is 1. The SMILES string of the molecule is CC(=O)C1=CC=C(CC(N)C(=O)O)CC1C. The van der Waals surface area contributed by atoms with Gasteiger partial charge in [-0.1, -0.05) is 24.6 Å². The second-order valence-electron chi connectivity index (χ2n) is 4.26. The largest absolute Gasteiger partial charge is 0.480 e. The van der Waals surface area contributed by atoms with Crippen molar-refractivity contribution in [3.8, 4) is 0 Å². The molecule has 3 N–H and O–H groups in total. The van der Waals surface area contributed by atoms with Crippen LogP contribution < -0.4 is 5.73 Å². The van der Waals surface area contributed by atoms with Crippen LogP contribution in [-0.2, 0) is 9.59 Å². The van der Waals surface area contributed by atoms with Crippen molar-refractivity contribution in [3.05, 3.63) is 23.3 Å². The standard InChI is InChI=1S/C12H17NO3/c1-7-5-9(6-11(13)12(15)16)3-4-10(7)8(2)14/h3-4,7,11H,5-6,13H2,1-2H3,(H,15,16). The number of allylic oxidation sites excluding steroid dienone is 3. The summed E-state index contributed by atoms with van der Waals surface area (Å²) in [7, 11) is 0. The highest BCUT2D eigenvalue weighted by Crippen LogP contribution is 2.27. The molecule has 2 atom stereocenters. The number of hydrogen-bond donors (Lipinski definition) is 2. The molecule has 0 saturated heterocycles. The van der Waals surface area contributed by atoms with Crippen molar-refractivity contribution in [2.24, 2.45) is 11.7 Å². The minimum atomic E-state index is -0.991. The highest BCUT2D eigenvalue weighted by molar-refractivity contribution is 5.94. The third-order valence-corrected chi connectivity index (χ3v) is 2.80. The molecule has 0 fully saturated rings. The zero-order valence-electron chi connectivity index (χ0n) is 9.56. The van der Waals surface area contributed by atoms with Crippen molar-refractivity contribution in [2.45, 2.75) is 32.7 Å². The fraction of sp³-hybridized carbons (Fsp3) is 0.500. The first-order valence-corrected chi connectivity index (χ1v) is 5.30. The Morgan fingerprint density at radius 2 is 2.19 bits per heavy atom. The molecule has 4 nitrogen and oxygen atoms in total. The van der Waals surface area contributed by atoms with E-state index in [1.165, 1.54) is 0 Å². The quantitative estimate of drug-likeness (QED) is 0.752. The fourth-order valence-corrected chi connectivity index (χ4v) is 1.93. The van der Waals surface area contributed by atoms with Crippen LogP contribution in [0.4, 0.5) is 0 Å². The summed E-state index contributed by atoms with van der Waals surface area (Å²) in [5.41, 5.74) is 7.25. The summed E-state index contributed by atoms with van der Waals surface area (Å²) in [6, 6.07) is -0.856. The molecular weight excluding hydrogens is 206 g/mol. The Balaban J connectivity index is 2.73. The number of nitrogens with two attached hydrogens (primary N) is 1. The van der Waals surface area contributed by atoms with Gasteiger partial charge in [0.2, 0.25) is 0 Å². The van der Waals surface area contributed by atoms with Gasteiger partial charge < -0.3 is 10.8 Å². The van der Waals surface area contributed by atoms with Gasteiger partial charge in [-0.3, -0.25) is 9.59 Å². The molecule has 0 heterocycles. The molecule has 0 aliphatic heterocycles. The van der Waals surface area contributed by atoms with Crippen LogP contribution in [0, 0.1) is 5.92 Å². The normalized spacial score (nSPS) is 22.1. The van der Waals surface area contributed by atoms with E-state index in [4.69, 9.17) is 10.8 Å². The van der Waals surface area contributed by atoms with Crippen LogP contribution in [0.3, 0.4) is 0 Å². The maximum absolute atomic E-state index is 11.2. The van der Waals surface area contributed by atoms with Gasteiger partial charge in [0.1, 0.15) is 6.04 Å². The predicted molar refractivity (Wildman–Crippen MR) is 60.9 cm³/mol. The summed E-state index contributed by atoms with van der Waals surface area (Å²) in [6.07, 6.45) is 4.66. The molecule has 16 heavy (non-hydrogen) atoms. The Kier molecular flexibility index (Phi) is 4.01. The molecule has 88 valence electrons. The smallest absolute Gasteiger partial charge is 0.320 e. The van der Waals surface area contributed by atoms with E-state index in [1.807, 2.05) is 13.0 Å². The summed E-state index contributed by atoms with van der Waals surface area (Å²) in [4.78, 5) is 21.8. The highest BCUT2D eigenvalue weighted by atomic mass is 16.4. The van der Waals surface area contributed by atoms with Crippen LogP contribution in [0.2, 0.25) is 0 Å². The lowest BCUT2D eigenvalue weighted by Crippen LogP contribution is -2.31. The maximum Gasteiger partial charge on any atom is 0.320 e. The van der Waals surface area contributed by atoms with E-state index >= 15 is 0 Å². The topological polar surface area (TPSA) is 80.4 Å². The van der Waals surface area contributed by atoms with Gasteiger partial charge in [-0.2, -0.15) is 0 Å². The Labute approximate surface area is 94.8 Å². The van der Waals surface area contributed by atoms with Gasteiger partial charge in [0, 0.05) is 0 Å². The average molecular weight is 223 g/mol. The van der Waals surface area contributed by atoms with Crippen molar-refractivity contribution in [1.29, 1.82) is 0 Å². The molecule has 0 radical (unpaired) electrons. The Bertz CT molecular complexity index is 368. The van der Waals surface area contributed by atoms with Gasteiger partial charge in [0.15, 0.2) is 5.78 Å². The molecule has 1 rings (SSSR count). The fourth-order valence-electron chi connectivity index (χ4n) is 1.93. The second kappa shape index (κ2) is 5.07. The molecule has 0 saturated carbocycles. The minimum absolute atomic E-state index is 0.0744. The lowest BCUT2D eigenvalue weighted by Gasteiger charge is -2.21. The average Bonchev–Trinajstić information content (AvgIpc) is 2.16. The Morgan fingerprint density at radius 1 is 1.56 bits per heavy atom. The highest BCUT2D eigenvalue weighted by Gasteiger charge is 2.21. The molecule has 0 amide bonds. The van der Waals surface area contributed by atoms with Gasteiger partial charge in [0.05, 0.1) is 0 Å². The number of rotatable bonds is 4. The summed E-state index contributed by atoms with van der Waals surface area (Å²) in [5, 5.41) is 8.70. The number of ketones is 1. The molecule has 0 aromatic carbocycles. The maximum atomic E-state index is 11.2. The zero-order valence-corrected chi connectivity index (χ0v) is 9.56. The number of carbonyl (C=O) groups is 2. The number of carboxylic acid groups (broad SMARTS) is 1. The van der Waals surface area contributed by atoms with E-state index in [1.54, 1.807) is 13.0 Å². The van der Waals surface area contributed by atoms with E-state index in [0.29, 0.717) is 12.8 Å². The van der Waals surface area contributed by atoms with Crippen LogP contribution >= 0.6 is 0 Å². The molecule has 0 spiro atoms. The molecule has 0 bridgehead atoms. The van der Waals surface area contributed by atoms with E-state index in [0.717, 1.165) is 11.1 Å². The lowest BCUT2D eigenvalue weighted by atomic mass is 9.84. The monoisotopic (exact) mass is 223 g/mol. The van der Waals surface area contributed by atoms with Crippen molar-refractivity contribution in [1.82, 2.24) is 0 Å². The summed E-state index contributed by atoms with van der Waals surface area (Å²) < 4.78 is 0. The molecule has 1 aliphatic rings. The molecule has 0 aromatic rings. The predicted octanol–water partition coefficient (Wildman–Crippen LogP) is 1.27. The van der Waals surface area contributed by atoms with Gasteiger partial charge in [0.25, 0.3) is 0 Å². The van der Waals surface area contributed by atoms with E-state index in [-0.39, 0.29) is 11.7 Å². The van der Waals surface area contributed by atoms with Crippen LogP contribution in [0.15, 0.2) is 23.3 Å². The third kappa shape index (κ3) is 3.03. The van der Waals surface area contributed by atoms with Gasteiger partial charge in [-0.15, -0.1) is 0 Å². The van der Waals surface area contributed by atoms with Crippen LogP contribution in [0.25, 0.3) is 0 Å².